The van der Waals surface area contributed by atoms with Crippen molar-refractivity contribution in [3.63, 3.8) is 0 Å². The standard InChI is InChI=1S/C17H13BrN4OS2/c1-9(15-20-11-4-2-3-5-12(11)21-15)19-16(23)13-8-25-17(22-13)14-6-10(18)7-24-14/h2-9H,1H3,(H,19,23)(H,20,21). The first-order valence-corrected chi connectivity index (χ1v) is 10.1. The van der Waals surface area contributed by atoms with E-state index in [1.165, 1.54) is 11.3 Å². The van der Waals surface area contributed by atoms with Gasteiger partial charge in [-0.3, -0.25) is 4.79 Å². The van der Waals surface area contributed by atoms with Gasteiger partial charge in [0.05, 0.1) is 22.0 Å². The van der Waals surface area contributed by atoms with E-state index in [2.05, 4.69) is 36.2 Å². The molecule has 0 aliphatic rings. The number of carbonyl (C=O) groups is 1. The van der Waals surface area contributed by atoms with Gasteiger partial charge in [-0.2, -0.15) is 0 Å². The minimum Gasteiger partial charge on any atom is -0.341 e. The van der Waals surface area contributed by atoms with Crippen molar-refractivity contribution in [2.75, 3.05) is 0 Å². The number of fused-ring (bicyclic) bond motifs is 1. The molecule has 8 heteroatoms. The molecule has 0 bridgehead atoms. The van der Waals surface area contributed by atoms with E-state index in [0.717, 1.165) is 31.2 Å². The Hall–Kier alpha value is -2.03. The summed E-state index contributed by atoms with van der Waals surface area (Å²) in [4.78, 5) is 25.7. The first-order valence-electron chi connectivity index (χ1n) is 7.55. The summed E-state index contributed by atoms with van der Waals surface area (Å²) in [5.74, 6) is 0.526. The summed E-state index contributed by atoms with van der Waals surface area (Å²) in [6, 6.07) is 9.56. The van der Waals surface area contributed by atoms with E-state index in [1.807, 2.05) is 42.6 Å². The number of para-hydroxylation sites is 2. The average Bonchev–Trinajstić information content (AvgIpc) is 3.33. The number of aromatic nitrogens is 3. The molecule has 2 N–H and O–H groups in total. The molecule has 0 aliphatic heterocycles. The van der Waals surface area contributed by atoms with Gasteiger partial charge in [0, 0.05) is 15.2 Å². The predicted molar refractivity (Wildman–Crippen MR) is 105 cm³/mol. The van der Waals surface area contributed by atoms with Gasteiger partial charge in [-0.1, -0.05) is 12.1 Å². The van der Waals surface area contributed by atoms with Crippen LogP contribution in [0.1, 0.15) is 29.3 Å². The molecule has 4 rings (SSSR count). The smallest absolute Gasteiger partial charge is 0.271 e. The number of imidazole rings is 1. The third-order valence-corrected chi connectivity index (χ3v) is 6.38. The van der Waals surface area contributed by atoms with Crippen LogP contribution in [-0.4, -0.2) is 20.9 Å². The number of nitrogens with zero attached hydrogens (tertiary/aromatic N) is 2. The van der Waals surface area contributed by atoms with Crippen LogP contribution in [0.15, 0.2) is 45.6 Å². The fourth-order valence-corrected chi connectivity index (χ4v) is 4.74. The fraction of sp³-hybridized carbons (Fsp3) is 0.118. The van der Waals surface area contributed by atoms with E-state index < -0.39 is 0 Å². The number of aromatic amines is 1. The van der Waals surface area contributed by atoms with Crippen LogP contribution < -0.4 is 5.32 Å². The molecule has 3 heterocycles. The predicted octanol–water partition coefficient (Wildman–Crippen LogP) is 5.00. The lowest BCUT2D eigenvalue weighted by molar-refractivity contribution is 0.0934. The highest BCUT2D eigenvalue weighted by Gasteiger charge is 2.17. The maximum Gasteiger partial charge on any atom is 0.271 e. The van der Waals surface area contributed by atoms with Gasteiger partial charge in [-0.25, -0.2) is 9.97 Å². The Kier molecular flexibility index (Phi) is 4.41. The zero-order valence-corrected chi connectivity index (χ0v) is 16.3. The van der Waals surface area contributed by atoms with E-state index in [-0.39, 0.29) is 11.9 Å². The number of halogens is 1. The van der Waals surface area contributed by atoms with E-state index >= 15 is 0 Å². The zero-order valence-electron chi connectivity index (χ0n) is 13.1. The van der Waals surface area contributed by atoms with Crippen molar-refractivity contribution in [3.8, 4) is 9.88 Å². The Bertz CT molecular complexity index is 1020. The second kappa shape index (κ2) is 6.70. The number of amides is 1. The van der Waals surface area contributed by atoms with Gasteiger partial charge in [-0.05, 0) is 41.1 Å². The van der Waals surface area contributed by atoms with Gasteiger partial charge in [0.15, 0.2) is 0 Å². The van der Waals surface area contributed by atoms with Gasteiger partial charge in [0.25, 0.3) is 5.91 Å². The van der Waals surface area contributed by atoms with Gasteiger partial charge in [0.2, 0.25) is 0 Å². The van der Waals surface area contributed by atoms with Crippen molar-refractivity contribution in [2.45, 2.75) is 13.0 Å². The highest BCUT2D eigenvalue weighted by atomic mass is 79.9. The monoisotopic (exact) mass is 432 g/mol. The molecule has 5 nitrogen and oxygen atoms in total. The van der Waals surface area contributed by atoms with Crippen molar-refractivity contribution in [1.29, 1.82) is 0 Å². The number of rotatable bonds is 4. The largest absolute Gasteiger partial charge is 0.341 e. The molecule has 1 aromatic carbocycles. The lowest BCUT2D eigenvalue weighted by atomic mass is 10.3. The van der Waals surface area contributed by atoms with Crippen LogP contribution in [-0.2, 0) is 0 Å². The fourth-order valence-electron chi connectivity index (χ4n) is 2.43. The highest BCUT2D eigenvalue weighted by Crippen LogP contribution is 2.32. The molecule has 3 aromatic heterocycles. The summed E-state index contributed by atoms with van der Waals surface area (Å²) in [6.45, 7) is 1.90. The summed E-state index contributed by atoms with van der Waals surface area (Å²) >= 11 is 6.50. The van der Waals surface area contributed by atoms with E-state index in [4.69, 9.17) is 0 Å². The molecule has 0 saturated carbocycles. The van der Waals surface area contributed by atoms with Crippen LogP contribution in [0.4, 0.5) is 0 Å². The van der Waals surface area contributed by atoms with Gasteiger partial charge >= 0.3 is 0 Å². The SMILES string of the molecule is CC(NC(=O)c1csc(-c2cc(Br)cs2)n1)c1nc2ccccc2[nH]1. The number of nitrogens with one attached hydrogen (secondary N) is 2. The third-order valence-electron chi connectivity index (χ3n) is 3.68. The average molecular weight is 433 g/mol. The van der Waals surface area contributed by atoms with E-state index in [1.54, 1.807) is 16.7 Å². The molecule has 126 valence electrons. The van der Waals surface area contributed by atoms with E-state index in [0.29, 0.717) is 5.69 Å². The van der Waals surface area contributed by atoms with E-state index in [9.17, 15) is 4.79 Å². The molecule has 0 saturated heterocycles. The Morgan fingerprint density at radius 3 is 2.84 bits per heavy atom. The number of hydrogen-bond donors (Lipinski definition) is 2. The minimum atomic E-state index is -0.235. The van der Waals surface area contributed by atoms with Gasteiger partial charge in [0.1, 0.15) is 16.5 Å². The number of thiophene rings is 1. The molecule has 1 atom stereocenters. The maximum atomic E-state index is 12.5. The number of carbonyl (C=O) groups excluding carboxylic acids is 1. The molecule has 0 fully saturated rings. The summed E-state index contributed by atoms with van der Waals surface area (Å²) in [6.07, 6.45) is 0. The normalized spacial score (nSPS) is 12.4. The first kappa shape index (κ1) is 16.4. The second-order valence-corrected chi connectivity index (χ2v) is 8.19. The molecule has 25 heavy (non-hydrogen) atoms. The van der Waals surface area contributed by atoms with Crippen LogP contribution in [0, 0.1) is 0 Å². The van der Waals surface area contributed by atoms with Crippen molar-refractivity contribution in [3.05, 3.63) is 57.1 Å². The number of H-pyrrole nitrogens is 1. The molecule has 1 unspecified atom stereocenters. The Balaban J connectivity index is 1.50. The summed E-state index contributed by atoms with van der Waals surface area (Å²) < 4.78 is 1.02. The Morgan fingerprint density at radius 1 is 1.24 bits per heavy atom. The van der Waals surface area contributed by atoms with Crippen LogP contribution >= 0.6 is 38.6 Å². The summed E-state index contributed by atoms with van der Waals surface area (Å²) in [7, 11) is 0. The van der Waals surface area contributed by atoms with Gasteiger partial charge < -0.3 is 10.3 Å². The third kappa shape index (κ3) is 3.37. The van der Waals surface area contributed by atoms with Crippen LogP contribution in [0.3, 0.4) is 0 Å². The molecule has 0 spiro atoms. The van der Waals surface area contributed by atoms with Crippen molar-refractivity contribution in [2.24, 2.45) is 0 Å². The second-order valence-electron chi connectivity index (χ2n) is 5.50. The Morgan fingerprint density at radius 2 is 2.08 bits per heavy atom. The van der Waals surface area contributed by atoms with Crippen molar-refractivity contribution < 1.29 is 4.79 Å². The first-order chi connectivity index (χ1) is 12.1. The highest BCUT2D eigenvalue weighted by molar-refractivity contribution is 9.10. The topological polar surface area (TPSA) is 70.7 Å². The molecule has 0 aliphatic carbocycles. The van der Waals surface area contributed by atoms with Gasteiger partial charge in [-0.15, -0.1) is 22.7 Å². The summed E-state index contributed by atoms with van der Waals surface area (Å²) in [5, 5.41) is 7.58. The molecule has 4 aromatic rings. The number of thiazole rings is 1. The molecular weight excluding hydrogens is 420 g/mol. The van der Waals surface area contributed by atoms with Crippen molar-refractivity contribution in [1.82, 2.24) is 20.3 Å². The number of hydrogen-bond acceptors (Lipinski definition) is 5. The zero-order chi connectivity index (χ0) is 17.4. The summed E-state index contributed by atoms with van der Waals surface area (Å²) in [5.41, 5.74) is 2.27. The minimum absolute atomic E-state index is 0.203. The van der Waals surface area contributed by atoms with Crippen LogP contribution in [0.25, 0.3) is 20.9 Å². The Labute approximate surface area is 160 Å². The lowest BCUT2D eigenvalue weighted by Gasteiger charge is -2.09. The quantitative estimate of drug-likeness (QED) is 0.476. The maximum absolute atomic E-state index is 12.5. The lowest BCUT2D eigenvalue weighted by Crippen LogP contribution is -2.27. The molecular formula is C17H13BrN4OS2. The molecule has 1 amide bonds. The van der Waals surface area contributed by atoms with Crippen LogP contribution in [0.5, 0.6) is 0 Å². The number of benzene rings is 1. The van der Waals surface area contributed by atoms with Crippen LogP contribution in [0.2, 0.25) is 0 Å². The molecule has 0 radical (unpaired) electrons. The van der Waals surface area contributed by atoms with Crippen molar-refractivity contribution >= 4 is 55.5 Å².